The zero-order valence-electron chi connectivity index (χ0n) is 22.8. The van der Waals surface area contributed by atoms with Crippen LogP contribution in [0.3, 0.4) is 0 Å². The second kappa shape index (κ2) is 9.40. The maximum Gasteiger partial charge on any atom is 0.260 e. The number of benzene rings is 6. The normalized spacial score (nSPS) is 12.9. The molecule has 0 atom stereocenters. The molecule has 0 spiro atoms. The Morgan fingerprint density at radius 1 is 0.439 bits per heavy atom. The van der Waals surface area contributed by atoms with E-state index >= 15 is 0 Å². The predicted octanol–water partition coefficient (Wildman–Crippen LogP) is 4.10. The molecule has 0 radical (unpaired) electrons. The van der Waals surface area contributed by atoms with Gasteiger partial charge in [-0.2, -0.15) is 0 Å². The first-order valence-electron chi connectivity index (χ1n) is 14.1. The first kappa shape index (κ1) is 24.0. The lowest BCUT2D eigenvalue weighted by molar-refractivity contribution is 0.464. The standard InChI is InChI=1S/C37H27BO2Si/c1-26-12-10-17-29(24-26)41(27-13-4-2-5-14-27,28-15-6-3-7-16-28)30-22-23-32-36(25-30)40-35-21-11-20-34-37(35)38(32)31-18-8-9-19-33(31)39-34/h2-25H,1H3. The summed E-state index contributed by atoms with van der Waals surface area (Å²) in [5, 5.41) is 5.38. The van der Waals surface area contributed by atoms with Gasteiger partial charge in [0.2, 0.25) is 0 Å². The molecule has 2 aliphatic rings. The molecule has 0 bridgehead atoms. The highest BCUT2D eigenvalue weighted by Crippen LogP contribution is 2.34. The Kier molecular flexibility index (Phi) is 5.51. The summed E-state index contributed by atoms with van der Waals surface area (Å²) in [6.07, 6.45) is 0. The van der Waals surface area contributed by atoms with Gasteiger partial charge in [0.1, 0.15) is 23.0 Å². The average molecular weight is 543 g/mol. The summed E-state index contributed by atoms with van der Waals surface area (Å²) in [5.74, 6) is 3.58. The lowest BCUT2D eigenvalue weighted by atomic mass is 9.35. The third-order valence-electron chi connectivity index (χ3n) is 8.61. The van der Waals surface area contributed by atoms with Crippen molar-refractivity contribution in [1.29, 1.82) is 0 Å². The number of hydrogen-bond donors (Lipinski definition) is 0. The Labute approximate surface area is 242 Å². The van der Waals surface area contributed by atoms with E-state index in [0.717, 1.165) is 28.5 Å². The van der Waals surface area contributed by atoms with E-state index < -0.39 is 8.07 Å². The second-order valence-corrected chi connectivity index (χ2v) is 14.8. The minimum absolute atomic E-state index is 0.0624. The van der Waals surface area contributed by atoms with Gasteiger partial charge in [-0.05, 0) is 62.9 Å². The maximum absolute atomic E-state index is 6.75. The minimum atomic E-state index is -2.69. The van der Waals surface area contributed by atoms with E-state index in [1.54, 1.807) is 0 Å². The summed E-state index contributed by atoms with van der Waals surface area (Å²) >= 11 is 0. The van der Waals surface area contributed by atoms with Crippen molar-refractivity contribution < 1.29 is 9.47 Å². The van der Waals surface area contributed by atoms with Crippen LogP contribution in [-0.4, -0.2) is 14.8 Å². The Bertz CT molecular complexity index is 1880. The van der Waals surface area contributed by atoms with Crippen LogP contribution >= 0.6 is 0 Å². The maximum atomic E-state index is 6.75. The van der Waals surface area contributed by atoms with E-state index in [2.05, 4.69) is 134 Å². The van der Waals surface area contributed by atoms with Crippen LogP contribution in [-0.2, 0) is 0 Å². The fourth-order valence-corrected chi connectivity index (χ4v) is 11.7. The van der Waals surface area contributed by atoms with Gasteiger partial charge in [0, 0.05) is 5.46 Å². The van der Waals surface area contributed by atoms with Gasteiger partial charge in [0.25, 0.3) is 6.71 Å². The average Bonchev–Trinajstić information content (AvgIpc) is 3.02. The summed E-state index contributed by atoms with van der Waals surface area (Å²) in [7, 11) is -2.69. The van der Waals surface area contributed by atoms with Crippen LogP contribution in [0.5, 0.6) is 23.0 Å². The van der Waals surface area contributed by atoms with E-state index in [1.165, 1.54) is 37.2 Å². The number of fused-ring (bicyclic) bond motifs is 4. The Hall–Kier alpha value is -4.80. The zero-order valence-corrected chi connectivity index (χ0v) is 23.8. The van der Waals surface area contributed by atoms with Crippen LogP contribution in [0.4, 0.5) is 0 Å². The number of ether oxygens (including phenoxy) is 2. The van der Waals surface area contributed by atoms with Crippen LogP contribution in [0, 0.1) is 6.92 Å². The van der Waals surface area contributed by atoms with Crippen molar-refractivity contribution in [3.63, 3.8) is 0 Å². The zero-order chi connectivity index (χ0) is 27.4. The fourth-order valence-electron chi connectivity index (χ4n) is 6.86. The summed E-state index contributed by atoms with van der Waals surface area (Å²) in [5.41, 5.74) is 4.73. The fraction of sp³-hybridized carbons (Fsp3) is 0.0270. The van der Waals surface area contributed by atoms with E-state index in [0.29, 0.717) is 0 Å². The van der Waals surface area contributed by atoms with E-state index in [1.807, 2.05) is 18.2 Å². The van der Waals surface area contributed by atoms with Gasteiger partial charge >= 0.3 is 0 Å². The molecule has 194 valence electrons. The molecule has 2 nitrogen and oxygen atoms in total. The molecular weight excluding hydrogens is 515 g/mol. The monoisotopic (exact) mass is 542 g/mol. The minimum Gasteiger partial charge on any atom is -0.458 e. The molecule has 2 aliphatic heterocycles. The van der Waals surface area contributed by atoms with Crippen molar-refractivity contribution in [3.05, 3.63) is 151 Å². The van der Waals surface area contributed by atoms with Gasteiger partial charge in [-0.15, -0.1) is 0 Å². The predicted molar refractivity (Wildman–Crippen MR) is 172 cm³/mol. The van der Waals surface area contributed by atoms with Crippen molar-refractivity contribution in [2.75, 3.05) is 0 Å². The molecule has 8 rings (SSSR count). The first-order valence-corrected chi connectivity index (χ1v) is 16.1. The number of rotatable bonds is 4. The molecule has 0 unspecified atom stereocenters. The molecule has 6 aromatic rings. The molecular formula is C37H27BO2Si. The second-order valence-electron chi connectivity index (χ2n) is 10.9. The van der Waals surface area contributed by atoms with Crippen LogP contribution in [0.1, 0.15) is 5.56 Å². The summed E-state index contributed by atoms with van der Waals surface area (Å²) in [6, 6.07) is 52.7. The smallest absolute Gasteiger partial charge is 0.260 e. The molecule has 0 saturated heterocycles. The lowest BCUT2D eigenvalue weighted by Gasteiger charge is -2.37. The Balaban J connectivity index is 1.41. The van der Waals surface area contributed by atoms with Gasteiger partial charge in [-0.25, -0.2) is 0 Å². The number of hydrogen-bond acceptors (Lipinski definition) is 2. The largest absolute Gasteiger partial charge is 0.458 e. The molecule has 0 saturated carbocycles. The molecule has 0 aromatic heterocycles. The molecule has 41 heavy (non-hydrogen) atoms. The van der Waals surface area contributed by atoms with Crippen molar-refractivity contribution in [3.8, 4) is 23.0 Å². The molecule has 0 fully saturated rings. The number of aryl methyl sites for hydroxylation is 1. The van der Waals surface area contributed by atoms with E-state index in [4.69, 9.17) is 9.47 Å². The van der Waals surface area contributed by atoms with Gasteiger partial charge in [0.15, 0.2) is 8.07 Å². The molecule has 0 amide bonds. The summed E-state index contributed by atoms with van der Waals surface area (Å²) in [6.45, 7) is 2.25. The van der Waals surface area contributed by atoms with Crippen LogP contribution in [0.15, 0.2) is 146 Å². The highest BCUT2D eigenvalue weighted by atomic mass is 28.3. The van der Waals surface area contributed by atoms with Crippen molar-refractivity contribution >= 4 is 51.9 Å². The van der Waals surface area contributed by atoms with Crippen LogP contribution in [0.2, 0.25) is 0 Å². The molecule has 0 aliphatic carbocycles. The van der Waals surface area contributed by atoms with Gasteiger partial charge in [-0.3, -0.25) is 0 Å². The topological polar surface area (TPSA) is 18.5 Å². The molecule has 4 heteroatoms. The quantitative estimate of drug-likeness (QED) is 0.246. The molecule has 2 heterocycles. The third-order valence-corrected chi connectivity index (χ3v) is 13.4. The van der Waals surface area contributed by atoms with Gasteiger partial charge in [0.05, 0.1) is 0 Å². The highest BCUT2D eigenvalue weighted by molar-refractivity contribution is 7.20. The molecule has 0 N–H and O–H groups in total. The summed E-state index contributed by atoms with van der Waals surface area (Å²) < 4.78 is 13.1. The highest BCUT2D eigenvalue weighted by Gasteiger charge is 2.44. The van der Waals surface area contributed by atoms with Gasteiger partial charge in [-0.1, -0.05) is 127 Å². The molecule has 6 aromatic carbocycles. The number of para-hydroxylation sites is 1. The van der Waals surface area contributed by atoms with E-state index in [9.17, 15) is 0 Å². The van der Waals surface area contributed by atoms with Gasteiger partial charge < -0.3 is 9.47 Å². The van der Waals surface area contributed by atoms with Crippen molar-refractivity contribution in [2.45, 2.75) is 6.92 Å². The Morgan fingerprint density at radius 3 is 1.68 bits per heavy atom. The SMILES string of the molecule is Cc1cccc([Si](c2ccccc2)(c2ccccc2)c2ccc3c(c2)Oc2cccc4c2B3c2ccccc2O4)c1. The summed E-state index contributed by atoms with van der Waals surface area (Å²) in [4.78, 5) is 0. The third kappa shape index (κ3) is 3.64. The van der Waals surface area contributed by atoms with Crippen molar-refractivity contribution in [2.24, 2.45) is 0 Å². The van der Waals surface area contributed by atoms with E-state index in [-0.39, 0.29) is 6.71 Å². The first-order chi connectivity index (χ1) is 20.2. The Morgan fingerprint density at radius 2 is 0.976 bits per heavy atom. The van der Waals surface area contributed by atoms with Crippen molar-refractivity contribution in [1.82, 2.24) is 0 Å². The van der Waals surface area contributed by atoms with Crippen LogP contribution in [0.25, 0.3) is 0 Å². The van der Waals surface area contributed by atoms with Crippen LogP contribution < -0.4 is 46.6 Å². The lowest BCUT2D eigenvalue weighted by Crippen LogP contribution is -2.75.